The molecule has 30 heavy (non-hydrogen) atoms. The van der Waals surface area contributed by atoms with Crippen molar-refractivity contribution >= 4 is 21.6 Å². The van der Waals surface area contributed by atoms with Crippen molar-refractivity contribution in [3.8, 4) is 5.75 Å². The molecule has 1 unspecified atom stereocenters. The molecule has 0 heterocycles. The molecule has 0 aliphatic carbocycles. The molecule has 3 N–H and O–H groups in total. The fraction of sp³-hybridized carbons (Fsp3) is 0.235. The van der Waals surface area contributed by atoms with Gasteiger partial charge in [0, 0.05) is 5.69 Å². The second-order valence-corrected chi connectivity index (χ2v) is 7.63. The lowest BCUT2D eigenvalue weighted by atomic mass is 10.1. The summed E-state index contributed by atoms with van der Waals surface area (Å²) in [6, 6.07) is 5.34. The molecule has 0 fully saturated rings. The molecule has 1 atom stereocenters. The van der Waals surface area contributed by atoms with Crippen LogP contribution in [0.4, 0.5) is 32.0 Å². The summed E-state index contributed by atoms with van der Waals surface area (Å²) in [6.45, 7) is 1.09. The number of nitrogens with two attached hydrogens (primary N) is 1. The molecule has 6 nitrogen and oxygen atoms in total. The summed E-state index contributed by atoms with van der Waals surface area (Å²) in [5, 5.41) is 7.20. The highest BCUT2D eigenvalue weighted by Gasteiger charge is 2.37. The van der Waals surface area contributed by atoms with E-state index in [4.69, 9.17) is 9.88 Å². The van der Waals surface area contributed by atoms with Gasteiger partial charge in [-0.2, -0.15) is 26.3 Å². The molecule has 0 bridgehead atoms. The van der Waals surface area contributed by atoms with Gasteiger partial charge in [-0.3, -0.25) is 4.79 Å². The zero-order valence-corrected chi connectivity index (χ0v) is 15.8. The van der Waals surface area contributed by atoms with E-state index in [0.717, 1.165) is 19.1 Å². The van der Waals surface area contributed by atoms with Crippen LogP contribution in [0.3, 0.4) is 0 Å². The summed E-state index contributed by atoms with van der Waals surface area (Å²) in [5.41, 5.74) is -3.22. The number of hydrogen-bond acceptors (Lipinski definition) is 4. The third-order valence-electron chi connectivity index (χ3n) is 3.67. The number of ether oxygens (including phenoxy) is 1. The maximum absolute atomic E-state index is 12.9. The topological polar surface area (TPSA) is 98.5 Å². The number of anilines is 1. The van der Waals surface area contributed by atoms with E-state index in [-0.39, 0.29) is 16.6 Å². The molecule has 0 aliphatic heterocycles. The highest BCUT2D eigenvalue weighted by atomic mass is 32.2. The first-order valence-corrected chi connectivity index (χ1v) is 9.52. The molecule has 2 aromatic carbocycles. The van der Waals surface area contributed by atoms with Crippen molar-refractivity contribution < 1.29 is 44.3 Å². The van der Waals surface area contributed by atoms with Gasteiger partial charge in [0.2, 0.25) is 10.0 Å². The van der Waals surface area contributed by atoms with Crippen LogP contribution in [0.2, 0.25) is 0 Å². The molecule has 2 aromatic rings. The summed E-state index contributed by atoms with van der Waals surface area (Å²) < 4.78 is 105. The van der Waals surface area contributed by atoms with E-state index in [1.54, 1.807) is 0 Å². The Hall–Kier alpha value is -2.80. The Morgan fingerprint density at radius 2 is 1.53 bits per heavy atom. The third-order valence-corrected chi connectivity index (χ3v) is 4.58. The van der Waals surface area contributed by atoms with E-state index in [0.29, 0.717) is 12.1 Å². The molecule has 0 aliphatic rings. The molecule has 0 spiro atoms. The monoisotopic (exact) mass is 456 g/mol. The number of halogens is 6. The fourth-order valence-corrected chi connectivity index (χ4v) is 2.81. The molecule has 164 valence electrons. The van der Waals surface area contributed by atoms with Crippen LogP contribution in [0, 0.1) is 0 Å². The zero-order valence-electron chi connectivity index (χ0n) is 15.0. The lowest BCUT2D eigenvalue weighted by Crippen LogP contribution is -2.30. The Morgan fingerprint density at radius 3 is 2.00 bits per heavy atom. The molecule has 13 heteroatoms. The number of benzene rings is 2. The summed E-state index contributed by atoms with van der Waals surface area (Å²) in [4.78, 5) is 11.9. The van der Waals surface area contributed by atoms with Crippen LogP contribution >= 0.6 is 0 Å². The van der Waals surface area contributed by atoms with Crippen molar-refractivity contribution in [2.75, 3.05) is 5.32 Å². The molecular weight excluding hydrogens is 442 g/mol. The third kappa shape index (κ3) is 6.10. The number of hydrogen-bond donors (Lipinski definition) is 2. The molecule has 0 saturated heterocycles. The van der Waals surface area contributed by atoms with Crippen molar-refractivity contribution in [1.29, 1.82) is 0 Å². The van der Waals surface area contributed by atoms with Gasteiger partial charge in [-0.1, -0.05) is 6.07 Å². The maximum Gasteiger partial charge on any atom is 0.416 e. The van der Waals surface area contributed by atoms with Crippen LogP contribution < -0.4 is 15.2 Å². The van der Waals surface area contributed by atoms with Gasteiger partial charge in [-0.25, -0.2) is 13.6 Å². The van der Waals surface area contributed by atoms with Crippen LogP contribution in [0.5, 0.6) is 5.75 Å². The van der Waals surface area contributed by atoms with E-state index < -0.39 is 51.3 Å². The Bertz CT molecular complexity index is 1020. The van der Waals surface area contributed by atoms with E-state index in [1.165, 1.54) is 12.1 Å². The number of nitrogens with one attached hydrogen (secondary N) is 1. The van der Waals surface area contributed by atoms with Gasteiger partial charge in [-0.05, 0) is 43.3 Å². The van der Waals surface area contributed by atoms with Crippen molar-refractivity contribution in [2.24, 2.45) is 5.14 Å². The summed E-state index contributed by atoms with van der Waals surface area (Å²) >= 11 is 0. The lowest BCUT2D eigenvalue weighted by Gasteiger charge is -2.18. The molecule has 0 radical (unpaired) electrons. The highest BCUT2D eigenvalue weighted by molar-refractivity contribution is 7.89. The van der Waals surface area contributed by atoms with Gasteiger partial charge >= 0.3 is 12.4 Å². The second kappa shape index (κ2) is 8.14. The number of alkyl halides is 6. The lowest BCUT2D eigenvalue weighted by molar-refractivity contribution is -0.143. The largest absolute Gasteiger partial charge is 0.481 e. The van der Waals surface area contributed by atoms with Gasteiger partial charge in [0.25, 0.3) is 5.91 Å². The van der Waals surface area contributed by atoms with Gasteiger partial charge in [-0.15, -0.1) is 0 Å². The van der Waals surface area contributed by atoms with Crippen LogP contribution in [0.1, 0.15) is 18.1 Å². The number of carbonyl (C=O) groups excluding carboxylic acids is 1. The SMILES string of the molecule is CC(Oc1cc(C(F)(F)F)cc(C(F)(F)F)c1)C(=O)Nc1cccc(S(N)(=O)=O)c1. The molecule has 1 amide bonds. The number of carbonyl (C=O) groups is 1. The van der Waals surface area contributed by atoms with Crippen molar-refractivity contribution in [3.05, 3.63) is 53.6 Å². The van der Waals surface area contributed by atoms with Crippen LogP contribution in [0.15, 0.2) is 47.4 Å². The number of amides is 1. The second-order valence-electron chi connectivity index (χ2n) is 6.06. The molecule has 2 rings (SSSR count). The Balaban J connectivity index is 2.25. The summed E-state index contributed by atoms with van der Waals surface area (Å²) in [6.07, 6.45) is -11.7. The highest BCUT2D eigenvalue weighted by Crippen LogP contribution is 2.38. The van der Waals surface area contributed by atoms with Gasteiger partial charge in [0.05, 0.1) is 16.0 Å². The van der Waals surface area contributed by atoms with Gasteiger partial charge < -0.3 is 10.1 Å². The Labute approximate surface area is 166 Å². The van der Waals surface area contributed by atoms with Crippen molar-refractivity contribution in [3.63, 3.8) is 0 Å². The first-order chi connectivity index (χ1) is 13.6. The van der Waals surface area contributed by atoms with E-state index in [2.05, 4.69) is 5.32 Å². The molecule has 0 aromatic heterocycles. The normalized spacial score (nSPS) is 13.6. The minimum Gasteiger partial charge on any atom is -0.481 e. The standard InChI is InChI=1S/C17H14F6N2O4S/c1-9(15(26)25-12-3-2-4-14(8-12)30(24,27)28)29-13-6-10(16(18,19)20)5-11(7-13)17(21,22)23/h2-9H,1H3,(H,25,26)(H2,24,27,28). The predicted octanol–water partition coefficient (Wildman–Crippen LogP) is 3.78. The van der Waals surface area contributed by atoms with Gasteiger partial charge in [0.15, 0.2) is 6.10 Å². The van der Waals surface area contributed by atoms with Crippen LogP contribution in [-0.2, 0) is 27.2 Å². The van der Waals surface area contributed by atoms with Crippen molar-refractivity contribution in [1.82, 2.24) is 0 Å². The summed E-state index contributed by atoms with van der Waals surface area (Å²) in [5.74, 6) is -1.77. The Kier molecular flexibility index (Phi) is 6.37. The zero-order chi connectivity index (χ0) is 22.9. The first-order valence-electron chi connectivity index (χ1n) is 7.97. The van der Waals surface area contributed by atoms with Crippen molar-refractivity contribution in [2.45, 2.75) is 30.3 Å². The number of rotatable bonds is 5. The smallest absolute Gasteiger partial charge is 0.416 e. The quantitative estimate of drug-likeness (QED) is 0.669. The van der Waals surface area contributed by atoms with E-state index in [9.17, 15) is 39.6 Å². The average Bonchev–Trinajstić information content (AvgIpc) is 2.59. The average molecular weight is 456 g/mol. The minimum atomic E-state index is -5.07. The minimum absolute atomic E-state index is 0.0259. The fourth-order valence-electron chi connectivity index (χ4n) is 2.25. The first kappa shape index (κ1) is 23.5. The van der Waals surface area contributed by atoms with Crippen LogP contribution in [-0.4, -0.2) is 20.4 Å². The van der Waals surface area contributed by atoms with E-state index in [1.807, 2.05) is 0 Å². The number of primary sulfonamides is 1. The van der Waals surface area contributed by atoms with Crippen LogP contribution in [0.25, 0.3) is 0 Å². The summed E-state index contributed by atoms with van der Waals surface area (Å²) in [7, 11) is -4.06. The predicted molar refractivity (Wildman–Crippen MR) is 93.0 cm³/mol. The number of sulfonamides is 1. The van der Waals surface area contributed by atoms with E-state index >= 15 is 0 Å². The molecular formula is C17H14F6N2O4S. The maximum atomic E-state index is 12.9. The Morgan fingerprint density at radius 1 is 1.00 bits per heavy atom. The van der Waals surface area contributed by atoms with Gasteiger partial charge in [0.1, 0.15) is 5.75 Å². The molecule has 0 saturated carbocycles.